The molecule has 0 saturated carbocycles. The Bertz CT molecular complexity index is 118. The summed E-state index contributed by atoms with van der Waals surface area (Å²) in [6, 6.07) is 0. The van der Waals surface area contributed by atoms with E-state index in [1.54, 1.807) is 0 Å². The second-order valence-corrected chi connectivity index (χ2v) is 5.80. The Morgan fingerprint density at radius 3 is 2.00 bits per heavy atom. The van der Waals surface area contributed by atoms with Crippen molar-refractivity contribution < 1.29 is 4.43 Å². The van der Waals surface area contributed by atoms with Gasteiger partial charge in [-0.3, -0.25) is 0 Å². The normalized spacial score (nSPS) is 13.6. The summed E-state index contributed by atoms with van der Waals surface area (Å²) >= 11 is 3.13. The topological polar surface area (TPSA) is 9.23 Å². The maximum Gasteiger partial charge on any atom is 0.206 e. The molecule has 0 amide bonds. The van der Waals surface area contributed by atoms with Gasteiger partial charge in [0.25, 0.3) is 0 Å². The van der Waals surface area contributed by atoms with Crippen LogP contribution in [0.4, 0.5) is 0 Å². The van der Waals surface area contributed by atoms with Crippen LogP contribution in [0.25, 0.3) is 0 Å². The van der Waals surface area contributed by atoms with Crippen LogP contribution in [0.2, 0.25) is 5.04 Å². The molecule has 10 radical (unpaired) electrons. The molecule has 0 saturated heterocycles. The van der Waals surface area contributed by atoms with E-state index in [1.165, 1.54) is 0 Å². The van der Waals surface area contributed by atoms with E-state index in [9.17, 15) is 0 Å². The van der Waals surface area contributed by atoms with Gasteiger partial charge in [0.2, 0.25) is 8.32 Å². The van der Waals surface area contributed by atoms with E-state index in [0.29, 0.717) is 11.9 Å². The molecule has 0 aliphatic heterocycles. The molecule has 58 valence electrons. The molecular weight excluding hydrogens is 220 g/mol. The zero-order valence-electron chi connectivity index (χ0n) is 6.09. The third-order valence-corrected chi connectivity index (χ3v) is 3.45. The lowest BCUT2D eigenvalue weighted by Gasteiger charge is -2.34. The fraction of sp³-hybridized carbons (Fsp3) is 0.375. The highest BCUT2D eigenvalue weighted by molar-refractivity contribution is 9.09. The highest BCUT2D eigenvalue weighted by Gasteiger charge is 2.38. The van der Waals surface area contributed by atoms with Crippen molar-refractivity contribution in [1.82, 2.24) is 0 Å². The van der Waals surface area contributed by atoms with E-state index in [-0.39, 0.29) is 0 Å². The Kier molecular flexibility index (Phi) is 4.30. The first-order chi connectivity index (χ1) is 4.81. The molecule has 0 N–H and O–H groups in total. The van der Waals surface area contributed by atoms with Crippen molar-refractivity contribution >= 4 is 24.2 Å². The fourth-order valence-electron chi connectivity index (χ4n) is 0.332. The van der Waals surface area contributed by atoms with Crippen molar-refractivity contribution in [2.24, 2.45) is 0 Å². The van der Waals surface area contributed by atoms with Crippen LogP contribution in [-0.2, 0) is 4.43 Å². The van der Waals surface area contributed by atoms with Crippen LogP contribution in [-0.4, -0.2) is 20.3 Å². The Hall–Kier alpha value is 0.657. The van der Waals surface area contributed by atoms with Crippen molar-refractivity contribution in [1.29, 1.82) is 0 Å². The number of halogens is 1. The zero-order chi connectivity index (χ0) is 9.12. The van der Waals surface area contributed by atoms with Crippen molar-refractivity contribution in [2.45, 2.75) is 5.04 Å². The molecule has 0 aliphatic rings. The molecule has 0 fully saturated rings. The highest BCUT2D eigenvalue weighted by Crippen LogP contribution is 2.33. The second-order valence-electron chi connectivity index (χ2n) is 2.26. The first-order valence-electron chi connectivity index (χ1n) is 2.95. The molecule has 3 heteroatoms. The number of alkyl halides is 1. The van der Waals surface area contributed by atoms with Crippen LogP contribution in [0.1, 0.15) is 0 Å². The van der Waals surface area contributed by atoms with Crippen molar-refractivity contribution in [3.05, 3.63) is 33.9 Å². The summed E-state index contributed by atoms with van der Waals surface area (Å²) in [7, 11) is -3.12. The van der Waals surface area contributed by atoms with Crippen LogP contribution in [0.3, 0.4) is 0 Å². The summed E-state index contributed by atoms with van der Waals surface area (Å²) in [6.45, 7) is 27.2. The van der Waals surface area contributed by atoms with E-state index in [0.717, 1.165) is 0 Å². The molecular formula is C8H9BrOSi. The Labute approximate surface area is 79.8 Å². The molecule has 0 aliphatic carbocycles. The van der Waals surface area contributed by atoms with Crippen LogP contribution >= 0.6 is 15.9 Å². The lowest BCUT2D eigenvalue weighted by atomic mass is 10.2. The summed E-state index contributed by atoms with van der Waals surface area (Å²) in [5.74, 6) is 0. The first kappa shape index (κ1) is 11.7. The van der Waals surface area contributed by atoms with Gasteiger partial charge in [0, 0.05) is 17.0 Å². The third kappa shape index (κ3) is 3.72. The number of hydrogen-bond acceptors (Lipinski definition) is 1. The van der Waals surface area contributed by atoms with Gasteiger partial charge >= 0.3 is 0 Å². The smallest absolute Gasteiger partial charge is 0.206 e. The standard InChI is InChI=1S/C8H9BrOSi/c1-8(2,3)11(4,5)10-7-6-9/h1-5H,6-7H2. The van der Waals surface area contributed by atoms with Crippen LogP contribution in [0, 0.1) is 33.9 Å². The third-order valence-electron chi connectivity index (χ3n) is 1.09. The predicted octanol–water partition coefficient (Wildman–Crippen LogP) is 1.72. The first-order valence-corrected chi connectivity index (χ1v) is 6.14. The largest absolute Gasteiger partial charge is 0.415 e. The van der Waals surface area contributed by atoms with Gasteiger partial charge in [0.15, 0.2) is 0 Å². The van der Waals surface area contributed by atoms with Gasteiger partial charge in [-0.05, 0) is 33.9 Å². The van der Waals surface area contributed by atoms with Gasteiger partial charge < -0.3 is 4.43 Å². The summed E-state index contributed by atoms with van der Waals surface area (Å²) in [5.41, 5.74) is 0. The molecule has 0 aromatic carbocycles. The van der Waals surface area contributed by atoms with E-state index >= 15 is 0 Å². The quantitative estimate of drug-likeness (QED) is 0.526. The molecule has 0 aromatic heterocycles. The van der Waals surface area contributed by atoms with Crippen LogP contribution in [0.5, 0.6) is 0 Å². The minimum atomic E-state index is -3.12. The van der Waals surface area contributed by atoms with E-state index in [4.69, 9.17) is 38.3 Å². The van der Waals surface area contributed by atoms with Crippen molar-refractivity contribution in [2.75, 3.05) is 11.9 Å². The molecule has 11 heavy (non-hydrogen) atoms. The van der Waals surface area contributed by atoms with Crippen LogP contribution in [0.15, 0.2) is 0 Å². The molecule has 0 bridgehead atoms. The molecule has 0 rings (SSSR count). The molecule has 0 unspecified atom stereocenters. The average molecular weight is 229 g/mol. The lowest BCUT2D eigenvalue weighted by molar-refractivity contribution is 0.332. The van der Waals surface area contributed by atoms with Gasteiger partial charge in [-0.1, -0.05) is 15.9 Å². The van der Waals surface area contributed by atoms with Crippen molar-refractivity contribution in [3.63, 3.8) is 0 Å². The zero-order valence-corrected chi connectivity index (χ0v) is 8.67. The van der Waals surface area contributed by atoms with Gasteiger partial charge in [0.1, 0.15) is 0 Å². The summed E-state index contributed by atoms with van der Waals surface area (Å²) in [6.07, 6.45) is 0. The maximum absolute atomic E-state index is 5.48. The summed E-state index contributed by atoms with van der Waals surface area (Å²) in [5, 5.41) is -0.985. The second kappa shape index (κ2) is 4.05. The Morgan fingerprint density at radius 2 is 1.73 bits per heavy atom. The van der Waals surface area contributed by atoms with Gasteiger partial charge in [-0.15, -0.1) is 0 Å². The van der Waals surface area contributed by atoms with E-state index < -0.39 is 13.4 Å². The SMILES string of the molecule is [CH]C([CH])([CH])[Si]([CH])([CH])OCCBr. The molecule has 0 atom stereocenters. The van der Waals surface area contributed by atoms with Crippen LogP contribution < -0.4 is 0 Å². The van der Waals surface area contributed by atoms with Gasteiger partial charge in [-0.2, -0.15) is 0 Å². The minimum absolute atomic E-state index is 0.354. The molecule has 0 aromatic rings. The number of rotatable bonds is 4. The van der Waals surface area contributed by atoms with E-state index in [2.05, 4.69) is 15.9 Å². The van der Waals surface area contributed by atoms with Gasteiger partial charge in [-0.25, -0.2) is 0 Å². The Balaban J connectivity index is 4.00. The molecule has 1 nitrogen and oxygen atoms in total. The monoisotopic (exact) mass is 228 g/mol. The highest BCUT2D eigenvalue weighted by atomic mass is 79.9. The van der Waals surface area contributed by atoms with Gasteiger partial charge in [0.05, 0.1) is 0 Å². The fourth-order valence-corrected chi connectivity index (χ4v) is 1.48. The average Bonchev–Trinajstić information content (AvgIpc) is 1.81. The summed E-state index contributed by atoms with van der Waals surface area (Å²) in [4.78, 5) is 0. The minimum Gasteiger partial charge on any atom is -0.415 e. The maximum atomic E-state index is 5.48. The summed E-state index contributed by atoms with van der Waals surface area (Å²) < 4.78 is 5.02. The molecule has 0 spiro atoms. The van der Waals surface area contributed by atoms with E-state index in [1.807, 2.05) is 0 Å². The number of hydrogen-bond donors (Lipinski definition) is 0. The predicted molar refractivity (Wildman–Crippen MR) is 49.7 cm³/mol. The molecule has 0 heterocycles. The van der Waals surface area contributed by atoms with Crippen molar-refractivity contribution in [3.8, 4) is 0 Å². The Morgan fingerprint density at radius 1 is 1.27 bits per heavy atom. The lowest BCUT2D eigenvalue weighted by Crippen LogP contribution is -2.43.